The Balaban J connectivity index is 4.33. The summed E-state index contributed by atoms with van der Waals surface area (Å²) in [6, 6.07) is 0. The number of hydrogen-bond acceptors (Lipinski definition) is 6. The van der Waals surface area contributed by atoms with Crippen molar-refractivity contribution < 1.29 is 28.6 Å². The summed E-state index contributed by atoms with van der Waals surface area (Å²) in [5.74, 6) is -0.890. The van der Waals surface area contributed by atoms with Crippen LogP contribution in [0.5, 0.6) is 0 Å². The molecule has 0 aliphatic rings. The van der Waals surface area contributed by atoms with Gasteiger partial charge in [-0.3, -0.25) is 14.4 Å². The van der Waals surface area contributed by atoms with Gasteiger partial charge in [0.2, 0.25) is 0 Å². The number of esters is 3. The Kier molecular flexibility index (Phi) is 61.7. The molecule has 0 heterocycles. The summed E-state index contributed by atoms with van der Waals surface area (Å²) in [6.45, 7) is 6.61. The summed E-state index contributed by atoms with van der Waals surface area (Å²) in [5, 5.41) is 0. The van der Waals surface area contributed by atoms with Crippen LogP contribution in [0.25, 0.3) is 0 Å². The Morgan fingerprint density at radius 3 is 0.763 bits per heavy atom. The van der Waals surface area contributed by atoms with Crippen molar-refractivity contribution in [2.24, 2.45) is 0 Å². The number of carbonyl (C=O) groups is 3. The summed E-state index contributed by atoms with van der Waals surface area (Å²) >= 11 is 0. The first-order valence-electron chi connectivity index (χ1n) is 32.9. The van der Waals surface area contributed by atoms with Crippen LogP contribution in [0, 0.1) is 0 Å². The molecule has 0 rings (SSSR count). The molecule has 0 radical (unpaired) electrons. The monoisotopic (exact) mass is 1060 g/mol. The molecule has 6 nitrogen and oxygen atoms in total. The van der Waals surface area contributed by atoms with E-state index >= 15 is 0 Å². The largest absolute Gasteiger partial charge is 0.462 e. The Morgan fingerprint density at radius 1 is 0.263 bits per heavy atom. The van der Waals surface area contributed by atoms with Crippen LogP contribution in [-0.4, -0.2) is 37.2 Å². The molecule has 0 spiro atoms. The van der Waals surface area contributed by atoms with E-state index in [9.17, 15) is 14.4 Å². The highest BCUT2D eigenvalue weighted by Gasteiger charge is 2.19. The van der Waals surface area contributed by atoms with Crippen LogP contribution < -0.4 is 0 Å². The van der Waals surface area contributed by atoms with Gasteiger partial charge < -0.3 is 14.2 Å². The van der Waals surface area contributed by atoms with Gasteiger partial charge in [-0.25, -0.2) is 0 Å². The maximum atomic E-state index is 12.9. The van der Waals surface area contributed by atoms with Crippen molar-refractivity contribution in [1.29, 1.82) is 0 Å². The fourth-order valence-electron chi connectivity index (χ4n) is 9.42. The quantitative estimate of drug-likeness (QED) is 0.0261. The molecular formula is C70H124O6. The number of carbonyl (C=O) groups excluding carboxylic acids is 3. The normalized spacial score (nSPS) is 12.5. The lowest BCUT2D eigenvalue weighted by Gasteiger charge is -2.18. The highest BCUT2D eigenvalue weighted by Crippen LogP contribution is 2.16. The molecule has 0 N–H and O–H groups in total. The van der Waals surface area contributed by atoms with E-state index in [0.717, 1.165) is 96.3 Å². The maximum absolute atomic E-state index is 12.9. The first-order valence-corrected chi connectivity index (χ1v) is 32.9. The highest BCUT2D eigenvalue weighted by atomic mass is 16.6. The first-order chi connectivity index (χ1) is 37.5. The summed E-state index contributed by atoms with van der Waals surface area (Å²) in [6.07, 6.45) is 83.3. The van der Waals surface area contributed by atoms with Gasteiger partial charge in [-0.15, -0.1) is 0 Å². The fourth-order valence-corrected chi connectivity index (χ4v) is 9.42. The van der Waals surface area contributed by atoms with E-state index < -0.39 is 6.10 Å². The van der Waals surface area contributed by atoms with Crippen LogP contribution in [0.2, 0.25) is 0 Å². The van der Waals surface area contributed by atoms with Crippen LogP contribution in [0.3, 0.4) is 0 Å². The minimum atomic E-state index is -0.787. The topological polar surface area (TPSA) is 78.9 Å². The second kappa shape index (κ2) is 64.4. The zero-order valence-electron chi connectivity index (χ0n) is 50.5. The minimum Gasteiger partial charge on any atom is -0.462 e. The molecule has 0 aromatic carbocycles. The van der Waals surface area contributed by atoms with Gasteiger partial charge in [0.15, 0.2) is 6.10 Å². The number of allylic oxidation sites excluding steroid dienone is 12. The molecule has 0 aliphatic carbocycles. The Bertz CT molecular complexity index is 1400. The van der Waals surface area contributed by atoms with Crippen molar-refractivity contribution in [3.05, 3.63) is 72.9 Å². The van der Waals surface area contributed by atoms with Crippen LogP contribution in [0.4, 0.5) is 0 Å². The third-order valence-electron chi connectivity index (χ3n) is 14.4. The molecule has 76 heavy (non-hydrogen) atoms. The van der Waals surface area contributed by atoms with E-state index in [2.05, 4.69) is 93.7 Å². The summed E-state index contributed by atoms with van der Waals surface area (Å²) in [7, 11) is 0. The summed E-state index contributed by atoms with van der Waals surface area (Å²) < 4.78 is 16.9. The van der Waals surface area contributed by atoms with E-state index in [4.69, 9.17) is 14.2 Å². The second-order valence-corrected chi connectivity index (χ2v) is 22.0. The highest BCUT2D eigenvalue weighted by molar-refractivity contribution is 5.71. The number of ether oxygens (including phenoxy) is 3. The summed E-state index contributed by atoms with van der Waals surface area (Å²) in [5.41, 5.74) is 0. The van der Waals surface area contributed by atoms with Gasteiger partial charge in [-0.1, -0.05) is 273 Å². The van der Waals surface area contributed by atoms with Gasteiger partial charge >= 0.3 is 17.9 Å². The van der Waals surface area contributed by atoms with E-state index in [1.165, 1.54) is 199 Å². The lowest BCUT2D eigenvalue weighted by Crippen LogP contribution is -2.30. The Hall–Kier alpha value is -3.15. The van der Waals surface area contributed by atoms with Crippen LogP contribution >= 0.6 is 0 Å². The third-order valence-corrected chi connectivity index (χ3v) is 14.4. The molecule has 0 saturated heterocycles. The molecule has 0 aliphatic heterocycles. The van der Waals surface area contributed by atoms with Gasteiger partial charge in [0, 0.05) is 19.3 Å². The lowest BCUT2D eigenvalue weighted by molar-refractivity contribution is -0.167. The van der Waals surface area contributed by atoms with Crippen molar-refractivity contribution in [1.82, 2.24) is 0 Å². The molecule has 6 heteroatoms. The second-order valence-electron chi connectivity index (χ2n) is 22.0. The summed E-state index contributed by atoms with van der Waals surface area (Å²) in [4.78, 5) is 38.3. The maximum Gasteiger partial charge on any atom is 0.306 e. The number of unbranched alkanes of at least 4 members (excludes halogenated alkanes) is 37. The third kappa shape index (κ3) is 61.7. The Morgan fingerprint density at radius 2 is 0.474 bits per heavy atom. The van der Waals surface area contributed by atoms with Crippen molar-refractivity contribution >= 4 is 17.9 Å². The molecule has 0 saturated carbocycles. The lowest BCUT2D eigenvalue weighted by atomic mass is 10.0. The van der Waals surface area contributed by atoms with Gasteiger partial charge in [-0.2, -0.15) is 0 Å². The van der Waals surface area contributed by atoms with Crippen LogP contribution in [0.1, 0.15) is 335 Å². The minimum absolute atomic E-state index is 0.0820. The smallest absolute Gasteiger partial charge is 0.306 e. The first kappa shape index (κ1) is 72.8. The molecule has 0 aromatic heterocycles. The molecule has 1 unspecified atom stereocenters. The van der Waals surface area contributed by atoms with Crippen molar-refractivity contribution in [2.45, 2.75) is 341 Å². The average molecular weight is 1060 g/mol. The standard InChI is InChI=1S/C70H124O6/c1-4-7-10-13-16-19-22-25-28-30-32-33-34-35-36-37-38-40-42-45-48-51-54-57-60-63-69(72)75-66-67(65-74-68(71)62-59-56-53-50-47-44-41-27-24-21-18-15-12-9-6-3)76-70(73)64-61-58-55-52-49-46-43-39-31-29-26-23-20-17-14-11-8-5-2/h18,20-23,25,27,29-32,41,67H,4-17,19,24,26,28,33-40,42-66H2,1-3H3/b21-18-,23-20-,25-22-,31-29-,32-30-,41-27-. The number of hydrogen-bond donors (Lipinski definition) is 0. The average Bonchev–Trinajstić information content (AvgIpc) is 3.42. The fraction of sp³-hybridized carbons (Fsp3) is 0.786. The molecule has 0 fully saturated rings. The molecular weight excluding hydrogens is 937 g/mol. The predicted molar refractivity (Wildman–Crippen MR) is 330 cm³/mol. The van der Waals surface area contributed by atoms with Gasteiger partial charge in [0.25, 0.3) is 0 Å². The van der Waals surface area contributed by atoms with E-state index in [-0.39, 0.29) is 31.1 Å². The van der Waals surface area contributed by atoms with Gasteiger partial charge in [0.05, 0.1) is 0 Å². The molecule has 1 atom stereocenters. The van der Waals surface area contributed by atoms with Crippen LogP contribution in [-0.2, 0) is 28.6 Å². The molecule has 0 bridgehead atoms. The van der Waals surface area contributed by atoms with E-state index in [1.807, 2.05) is 0 Å². The zero-order chi connectivity index (χ0) is 55.0. The molecule has 0 amide bonds. The number of rotatable bonds is 60. The Labute approximate surface area is 472 Å². The predicted octanol–water partition coefficient (Wildman–Crippen LogP) is 22.5. The van der Waals surface area contributed by atoms with Gasteiger partial charge in [-0.05, 0) is 116 Å². The van der Waals surface area contributed by atoms with Crippen molar-refractivity contribution in [3.63, 3.8) is 0 Å². The molecule has 440 valence electrons. The van der Waals surface area contributed by atoms with Crippen molar-refractivity contribution in [3.8, 4) is 0 Å². The van der Waals surface area contributed by atoms with Crippen molar-refractivity contribution in [2.75, 3.05) is 13.2 Å². The SMILES string of the molecule is CCCCC/C=C\C/C=C\CCCCCCCC(=O)OCC(COC(=O)CCCCCCCCCCCCCCC/C=C\C/C=C\CCCCCCC)OC(=O)CCCCCCCCC/C=C\C/C=C\CCCCCC. The zero-order valence-corrected chi connectivity index (χ0v) is 50.5. The van der Waals surface area contributed by atoms with E-state index in [0.29, 0.717) is 19.3 Å². The van der Waals surface area contributed by atoms with Gasteiger partial charge in [0.1, 0.15) is 13.2 Å². The van der Waals surface area contributed by atoms with Crippen LogP contribution in [0.15, 0.2) is 72.9 Å². The van der Waals surface area contributed by atoms with E-state index in [1.54, 1.807) is 0 Å². The molecule has 0 aromatic rings.